The SMILES string of the molecule is CC1(C)NC(=O)N(CC(=O)N2CCC(N)C(C)(C)C2)C1=O. The Bertz CT molecular complexity index is 487. The molecule has 0 spiro atoms. The van der Waals surface area contributed by atoms with Crippen molar-refractivity contribution in [3.05, 3.63) is 0 Å². The first-order valence-corrected chi connectivity index (χ1v) is 7.22. The highest BCUT2D eigenvalue weighted by Gasteiger charge is 2.45. The number of urea groups is 1. The molecule has 1 unspecified atom stereocenters. The Morgan fingerprint density at radius 1 is 1.33 bits per heavy atom. The van der Waals surface area contributed by atoms with Crippen molar-refractivity contribution in [3.8, 4) is 0 Å². The molecule has 3 N–H and O–H groups in total. The largest absolute Gasteiger partial charge is 0.340 e. The first kappa shape index (κ1) is 15.8. The number of amides is 4. The molecule has 7 nitrogen and oxygen atoms in total. The quantitative estimate of drug-likeness (QED) is 0.696. The number of nitrogens with one attached hydrogen (secondary N) is 1. The Morgan fingerprint density at radius 3 is 2.43 bits per heavy atom. The van der Waals surface area contributed by atoms with E-state index >= 15 is 0 Å². The maximum atomic E-state index is 12.4. The number of imide groups is 1. The minimum atomic E-state index is -0.944. The number of piperidine rings is 1. The summed E-state index contributed by atoms with van der Waals surface area (Å²) >= 11 is 0. The zero-order chi connectivity index (χ0) is 16.0. The molecule has 2 heterocycles. The van der Waals surface area contributed by atoms with Gasteiger partial charge in [-0.25, -0.2) is 4.79 Å². The minimum Gasteiger partial charge on any atom is -0.340 e. The summed E-state index contributed by atoms with van der Waals surface area (Å²) in [6.07, 6.45) is 0.727. The van der Waals surface area contributed by atoms with E-state index in [0.717, 1.165) is 11.3 Å². The summed E-state index contributed by atoms with van der Waals surface area (Å²) in [5.74, 6) is -0.579. The Morgan fingerprint density at radius 2 is 1.95 bits per heavy atom. The second-order valence-corrected chi connectivity index (χ2v) is 7.15. The van der Waals surface area contributed by atoms with Crippen molar-refractivity contribution in [2.75, 3.05) is 19.6 Å². The second kappa shape index (κ2) is 4.98. The summed E-state index contributed by atoms with van der Waals surface area (Å²) in [6.45, 7) is 8.19. The van der Waals surface area contributed by atoms with Gasteiger partial charge in [0, 0.05) is 19.1 Å². The van der Waals surface area contributed by atoms with Crippen molar-refractivity contribution < 1.29 is 14.4 Å². The van der Waals surface area contributed by atoms with Crippen LogP contribution in [-0.2, 0) is 9.59 Å². The maximum absolute atomic E-state index is 12.4. The van der Waals surface area contributed by atoms with E-state index in [0.29, 0.717) is 13.1 Å². The topological polar surface area (TPSA) is 95.7 Å². The fourth-order valence-corrected chi connectivity index (χ4v) is 2.78. The lowest BCUT2D eigenvalue weighted by Gasteiger charge is -2.42. The summed E-state index contributed by atoms with van der Waals surface area (Å²) in [6, 6.07) is -0.455. The lowest BCUT2D eigenvalue weighted by molar-refractivity contribution is -0.140. The summed E-state index contributed by atoms with van der Waals surface area (Å²) in [5, 5.41) is 2.57. The standard InChI is InChI=1S/C14H24N4O3/c1-13(2)8-17(6-5-9(13)15)10(19)7-18-11(20)14(3,4)16-12(18)21/h9H,5-8,15H2,1-4H3,(H,16,21). The number of nitrogens with zero attached hydrogens (tertiary/aromatic N) is 2. The molecule has 21 heavy (non-hydrogen) atoms. The molecule has 118 valence electrons. The summed E-state index contributed by atoms with van der Waals surface area (Å²) in [4.78, 5) is 38.9. The maximum Gasteiger partial charge on any atom is 0.325 e. The van der Waals surface area contributed by atoms with Crippen LogP contribution >= 0.6 is 0 Å². The molecule has 0 aliphatic carbocycles. The molecule has 0 saturated carbocycles. The molecule has 4 amide bonds. The first-order chi connectivity index (χ1) is 9.54. The van der Waals surface area contributed by atoms with Crippen molar-refractivity contribution in [3.63, 3.8) is 0 Å². The minimum absolute atomic E-state index is 0.0530. The van der Waals surface area contributed by atoms with Crippen LogP contribution in [0.15, 0.2) is 0 Å². The van der Waals surface area contributed by atoms with Gasteiger partial charge in [0.15, 0.2) is 0 Å². The summed E-state index contributed by atoms with van der Waals surface area (Å²) in [7, 11) is 0. The molecule has 2 fully saturated rings. The van der Waals surface area contributed by atoms with Gasteiger partial charge in [-0.3, -0.25) is 14.5 Å². The van der Waals surface area contributed by atoms with Gasteiger partial charge in [-0.15, -0.1) is 0 Å². The van der Waals surface area contributed by atoms with Crippen LogP contribution in [0.25, 0.3) is 0 Å². The van der Waals surface area contributed by atoms with Crippen molar-refractivity contribution in [2.45, 2.75) is 45.7 Å². The van der Waals surface area contributed by atoms with Gasteiger partial charge in [0.1, 0.15) is 12.1 Å². The van der Waals surface area contributed by atoms with Gasteiger partial charge in [-0.2, -0.15) is 0 Å². The fourth-order valence-electron chi connectivity index (χ4n) is 2.78. The lowest BCUT2D eigenvalue weighted by Crippen LogP contribution is -2.56. The van der Waals surface area contributed by atoms with E-state index < -0.39 is 11.6 Å². The van der Waals surface area contributed by atoms with E-state index in [-0.39, 0.29) is 29.8 Å². The molecule has 0 aromatic rings. The molecule has 0 radical (unpaired) electrons. The van der Waals surface area contributed by atoms with Gasteiger partial charge in [0.2, 0.25) is 5.91 Å². The van der Waals surface area contributed by atoms with E-state index in [1.54, 1.807) is 18.7 Å². The molecule has 2 aliphatic heterocycles. The molecule has 7 heteroatoms. The number of carbonyl (C=O) groups excluding carboxylic acids is 3. The zero-order valence-electron chi connectivity index (χ0n) is 13.1. The molecule has 2 saturated heterocycles. The monoisotopic (exact) mass is 296 g/mol. The van der Waals surface area contributed by atoms with Gasteiger partial charge in [-0.05, 0) is 25.7 Å². The number of carbonyl (C=O) groups is 3. The Balaban J connectivity index is 2.03. The predicted octanol–water partition coefficient (Wildman–Crippen LogP) is -0.0974. The van der Waals surface area contributed by atoms with Crippen LogP contribution in [0, 0.1) is 5.41 Å². The molecule has 0 aromatic carbocycles. The second-order valence-electron chi connectivity index (χ2n) is 7.15. The van der Waals surface area contributed by atoms with Crippen LogP contribution in [0.1, 0.15) is 34.1 Å². The summed E-state index contributed by atoms with van der Waals surface area (Å²) < 4.78 is 0. The highest BCUT2D eigenvalue weighted by molar-refractivity contribution is 6.08. The van der Waals surface area contributed by atoms with Crippen molar-refractivity contribution in [2.24, 2.45) is 11.1 Å². The Labute approximate surface area is 124 Å². The van der Waals surface area contributed by atoms with E-state index in [1.165, 1.54) is 0 Å². The molecule has 0 aromatic heterocycles. The number of likely N-dealkylation sites (tertiary alicyclic amines) is 1. The smallest absolute Gasteiger partial charge is 0.325 e. The van der Waals surface area contributed by atoms with Crippen molar-refractivity contribution in [1.82, 2.24) is 15.1 Å². The number of hydrogen-bond donors (Lipinski definition) is 2. The van der Waals surface area contributed by atoms with Crippen LogP contribution in [0.3, 0.4) is 0 Å². The van der Waals surface area contributed by atoms with E-state index in [9.17, 15) is 14.4 Å². The van der Waals surface area contributed by atoms with Gasteiger partial charge in [0.25, 0.3) is 5.91 Å². The van der Waals surface area contributed by atoms with Gasteiger partial charge in [-0.1, -0.05) is 13.8 Å². The van der Waals surface area contributed by atoms with E-state index in [4.69, 9.17) is 5.73 Å². The lowest BCUT2D eigenvalue weighted by atomic mass is 9.79. The van der Waals surface area contributed by atoms with Gasteiger partial charge >= 0.3 is 6.03 Å². The number of hydrogen-bond acceptors (Lipinski definition) is 4. The van der Waals surface area contributed by atoms with Crippen molar-refractivity contribution >= 4 is 17.8 Å². The van der Waals surface area contributed by atoms with E-state index in [1.807, 2.05) is 13.8 Å². The molecule has 2 aliphatic rings. The van der Waals surface area contributed by atoms with Crippen LogP contribution in [0.2, 0.25) is 0 Å². The molecular formula is C14H24N4O3. The highest BCUT2D eigenvalue weighted by atomic mass is 16.2. The van der Waals surface area contributed by atoms with Crippen LogP contribution in [0.4, 0.5) is 4.79 Å². The Hall–Kier alpha value is -1.63. The van der Waals surface area contributed by atoms with Gasteiger partial charge in [0.05, 0.1) is 0 Å². The molecule has 2 rings (SSSR count). The van der Waals surface area contributed by atoms with Crippen LogP contribution < -0.4 is 11.1 Å². The van der Waals surface area contributed by atoms with Gasteiger partial charge < -0.3 is 16.0 Å². The third kappa shape index (κ3) is 2.88. The highest BCUT2D eigenvalue weighted by Crippen LogP contribution is 2.28. The van der Waals surface area contributed by atoms with E-state index in [2.05, 4.69) is 5.32 Å². The number of rotatable bonds is 2. The first-order valence-electron chi connectivity index (χ1n) is 7.22. The Kier molecular flexibility index (Phi) is 3.73. The van der Waals surface area contributed by atoms with Crippen molar-refractivity contribution in [1.29, 1.82) is 0 Å². The fraction of sp³-hybridized carbons (Fsp3) is 0.786. The third-order valence-corrected chi connectivity index (χ3v) is 4.40. The molecule has 0 bridgehead atoms. The third-order valence-electron chi connectivity index (χ3n) is 4.40. The normalized spacial score (nSPS) is 27.8. The number of nitrogens with two attached hydrogens (primary N) is 1. The van der Waals surface area contributed by atoms with Crippen LogP contribution in [0.5, 0.6) is 0 Å². The zero-order valence-corrected chi connectivity index (χ0v) is 13.1. The molecule has 1 atom stereocenters. The summed E-state index contributed by atoms with van der Waals surface area (Å²) in [5.41, 5.74) is 4.95. The average Bonchev–Trinajstić information content (AvgIpc) is 2.54. The average molecular weight is 296 g/mol. The predicted molar refractivity (Wildman–Crippen MR) is 77.3 cm³/mol. The van der Waals surface area contributed by atoms with Crippen LogP contribution in [-0.4, -0.2) is 58.9 Å². The molecular weight excluding hydrogens is 272 g/mol.